The molecule has 1 fully saturated rings. The third kappa shape index (κ3) is 3.36. The van der Waals surface area contributed by atoms with E-state index in [1.165, 1.54) is 0 Å². The summed E-state index contributed by atoms with van der Waals surface area (Å²) in [4.78, 5) is 25.9. The molecule has 0 aromatic heterocycles. The second-order valence-corrected chi connectivity index (χ2v) is 5.50. The molecule has 1 atom stereocenters. The van der Waals surface area contributed by atoms with E-state index < -0.39 is 6.03 Å². The first-order chi connectivity index (χ1) is 11.7. The van der Waals surface area contributed by atoms with Crippen LogP contribution in [0.2, 0.25) is 0 Å². The third-order valence-corrected chi connectivity index (χ3v) is 3.82. The van der Waals surface area contributed by atoms with Crippen molar-refractivity contribution in [3.05, 3.63) is 60.2 Å². The maximum absolute atomic E-state index is 12.1. The summed E-state index contributed by atoms with van der Waals surface area (Å²) in [5.41, 5.74) is 1.66. The summed E-state index contributed by atoms with van der Waals surface area (Å²) in [6.07, 6.45) is 0.252. The Labute approximate surface area is 139 Å². The van der Waals surface area contributed by atoms with E-state index in [0.29, 0.717) is 17.8 Å². The molecular weight excluding hydrogens is 304 g/mol. The molecule has 24 heavy (non-hydrogen) atoms. The molecule has 6 heteroatoms. The number of nitrogens with one attached hydrogen (secondary N) is 2. The molecule has 0 aliphatic carbocycles. The Kier molecular flexibility index (Phi) is 4.43. The largest absolute Gasteiger partial charge is 0.333 e. The van der Waals surface area contributed by atoms with Gasteiger partial charge in [0.15, 0.2) is 0 Å². The predicted molar refractivity (Wildman–Crippen MR) is 90.5 cm³/mol. The van der Waals surface area contributed by atoms with Gasteiger partial charge in [0.25, 0.3) is 0 Å². The minimum Gasteiger partial charge on any atom is -0.333 e. The van der Waals surface area contributed by atoms with E-state index >= 15 is 0 Å². The number of nitrogens with zero attached hydrogens (tertiary/aromatic N) is 2. The summed E-state index contributed by atoms with van der Waals surface area (Å²) in [5.74, 6) is -0.0241. The van der Waals surface area contributed by atoms with Gasteiger partial charge in [-0.25, -0.2) is 4.79 Å². The van der Waals surface area contributed by atoms with E-state index in [0.717, 1.165) is 5.69 Å². The molecule has 0 saturated carbocycles. The Balaban J connectivity index is 1.62. The Hall–Kier alpha value is -3.33. The van der Waals surface area contributed by atoms with Crippen molar-refractivity contribution in [2.45, 2.75) is 12.5 Å². The van der Waals surface area contributed by atoms with E-state index in [1.807, 2.05) is 36.4 Å². The standard InChI is InChI=1S/C18H16N4O2/c19-11-13-6-4-5-9-16(13)21-18(24)20-14-10-17(23)22(12-14)15-7-2-1-3-8-15/h1-9,14H,10,12H2,(H2,20,21,24). The molecule has 1 aliphatic rings. The average Bonchev–Trinajstić information content (AvgIpc) is 2.96. The van der Waals surface area contributed by atoms with E-state index in [9.17, 15) is 9.59 Å². The van der Waals surface area contributed by atoms with Crippen LogP contribution in [0.5, 0.6) is 0 Å². The van der Waals surface area contributed by atoms with E-state index in [1.54, 1.807) is 29.2 Å². The van der Waals surface area contributed by atoms with Gasteiger partial charge in [-0.1, -0.05) is 30.3 Å². The average molecular weight is 320 g/mol. The van der Waals surface area contributed by atoms with Crippen LogP contribution < -0.4 is 15.5 Å². The highest BCUT2D eigenvalue weighted by molar-refractivity contribution is 5.97. The van der Waals surface area contributed by atoms with Crippen molar-refractivity contribution in [2.75, 3.05) is 16.8 Å². The lowest BCUT2D eigenvalue weighted by Crippen LogP contribution is -2.39. The quantitative estimate of drug-likeness (QED) is 0.911. The van der Waals surface area contributed by atoms with Crippen molar-refractivity contribution in [2.24, 2.45) is 0 Å². The number of carbonyl (C=O) groups excluding carboxylic acids is 2. The summed E-state index contributed by atoms with van der Waals surface area (Å²) in [7, 11) is 0. The van der Waals surface area contributed by atoms with Crippen LogP contribution in [0.3, 0.4) is 0 Å². The first-order valence-electron chi connectivity index (χ1n) is 7.59. The number of benzene rings is 2. The molecule has 2 N–H and O–H groups in total. The number of carbonyl (C=O) groups is 2. The van der Waals surface area contributed by atoms with E-state index in [4.69, 9.17) is 5.26 Å². The molecule has 1 unspecified atom stereocenters. The monoisotopic (exact) mass is 320 g/mol. The van der Waals surface area contributed by atoms with Crippen LogP contribution in [0.15, 0.2) is 54.6 Å². The SMILES string of the molecule is N#Cc1ccccc1NC(=O)NC1CC(=O)N(c2ccccc2)C1. The van der Waals surface area contributed by atoms with Crippen molar-refractivity contribution >= 4 is 23.3 Å². The first-order valence-corrected chi connectivity index (χ1v) is 7.59. The molecule has 1 aliphatic heterocycles. The highest BCUT2D eigenvalue weighted by Gasteiger charge is 2.31. The molecule has 1 heterocycles. The van der Waals surface area contributed by atoms with Crippen molar-refractivity contribution in [1.29, 1.82) is 5.26 Å². The molecule has 2 aromatic rings. The van der Waals surface area contributed by atoms with Gasteiger partial charge in [0.2, 0.25) is 5.91 Å². The molecule has 3 amide bonds. The third-order valence-electron chi connectivity index (χ3n) is 3.82. The summed E-state index contributed by atoms with van der Waals surface area (Å²) in [5, 5.41) is 14.5. The summed E-state index contributed by atoms with van der Waals surface area (Å²) in [6, 6.07) is 17.5. The van der Waals surface area contributed by atoms with Crippen LogP contribution in [-0.2, 0) is 4.79 Å². The Bertz CT molecular complexity index is 798. The number of rotatable bonds is 3. The number of amides is 3. The fraction of sp³-hybridized carbons (Fsp3) is 0.167. The Morgan fingerprint density at radius 3 is 2.58 bits per heavy atom. The maximum atomic E-state index is 12.1. The minimum atomic E-state index is -0.426. The van der Waals surface area contributed by atoms with Gasteiger partial charge >= 0.3 is 6.03 Å². The molecule has 2 aromatic carbocycles. The number of urea groups is 1. The molecule has 0 bridgehead atoms. The molecule has 0 radical (unpaired) electrons. The Morgan fingerprint density at radius 2 is 1.83 bits per heavy atom. The molecule has 6 nitrogen and oxygen atoms in total. The number of hydrogen-bond acceptors (Lipinski definition) is 3. The molecular formula is C18H16N4O2. The van der Waals surface area contributed by atoms with Crippen LogP contribution >= 0.6 is 0 Å². The normalized spacial score (nSPS) is 16.5. The lowest BCUT2D eigenvalue weighted by Gasteiger charge is -2.17. The van der Waals surface area contributed by atoms with E-state index in [-0.39, 0.29) is 18.4 Å². The zero-order valence-corrected chi connectivity index (χ0v) is 12.9. The van der Waals surface area contributed by atoms with Gasteiger partial charge in [-0.3, -0.25) is 4.79 Å². The van der Waals surface area contributed by atoms with Crippen LogP contribution in [0.4, 0.5) is 16.2 Å². The smallest absolute Gasteiger partial charge is 0.319 e. The molecule has 1 saturated heterocycles. The van der Waals surface area contributed by atoms with Crippen LogP contribution in [0.25, 0.3) is 0 Å². The highest BCUT2D eigenvalue weighted by Crippen LogP contribution is 2.21. The van der Waals surface area contributed by atoms with Gasteiger partial charge in [0, 0.05) is 18.7 Å². The van der Waals surface area contributed by atoms with E-state index in [2.05, 4.69) is 10.6 Å². The van der Waals surface area contributed by atoms with Gasteiger partial charge in [-0.05, 0) is 24.3 Å². The predicted octanol–water partition coefficient (Wildman–Crippen LogP) is 2.49. The maximum Gasteiger partial charge on any atom is 0.319 e. The highest BCUT2D eigenvalue weighted by atomic mass is 16.2. The zero-order valence-electron chi connectivity index (χ0n) is 12.9. The zero-order chi connectivity index (χ0) is 16.9. The number of anilines is 2. The summed E-state index contributed by atoms with van der Waals surface area (Å²) in [6.45, 7) is 0.427. The molecule has 120 valence electrons. The first kappa shape index (κ1) is 15.6. The van der Waals surface area contributed by atoms with Gasteiger partial charge in [-0.2, -0.15) is 5.26 Å². The van der Waals surface area contributed by atoms with Crippen LogP contribution in [-0.4, -0.2) is 24.5 Å². The molecule has 0 spiro atoms. The summed E-state index contributed by atoms with van der Waals surface area (Å²) < 4.78 is 0. The van der Waals surface area contributed by atoms with Gasteiger partial charge in [-0.15, -0.1) is 0 Å². The number of hydrogen-bond donors (Lipinski definition) is 2. The van der Waals surface area contributed by atoms with Crippen molar-refractivity contribution in [3.63, 3.8) is 0 Å². The fourth-order valence-electron chi connectivity index (χ4n) is 2.70. The van der Waals surface area contributed by atoms with Crippen molar-refractivity contribution in [3.8, 4) is 6.07 Å². The van der Waals surface area contributed by atoms with Gasteiger partial charge in [0.05, 0.1) is 17.3 Å². The summed E-state index contributed by atoms with van der Waals surface area (Å²) >= 11 is 0. The van der Waals surface area contributed by atoms with Gasteiger partial charge < -0.3 is 15.5 Å². The second kappa shape index (κ2) is 6.84. The van der Waals surface area contributed by atoms with Crippen LogP contribution in [0, 0.1) is 11.3 Å². The lowest BCUT2D eigenvalue weighted by atomic mass is 10.2. The minimum absolute atomic E-state index is 0.0241. The lowest BCUT2D eigenvalue weighted by molar-refractivity contribution is -0.117. The fourth-order valence-corrected chi connectivity index (χ4v) is 2.70. The van der Waals surface area contributed by atoms with Crippen molar-refractivity contribution < 1.29 is 9.59 Å². The van der Waals surface area contributed by atoms with Crippen LogP contribution in [0.1, 0.15) is 12.0 Å². The topological polar surface area (TPSA) is 85.2 Å². The number of nitriles is 1. The Morgan fingerprint density at radius 1 is 1.12 bits per heavy atom. The number of para-hydroxylation sites is 2. The van der Waals surface area contributed by atoms with Gasteiger partial charge in [0.1, 0.15) is 6.07 Å². The second-order valence-electron chi connectivity index (χ2n) is 5.50. The van der Waals surface area contributed by atoms with Crippen molar-refractivity contribution in [1.82, 2.24) is 5.32 Å². The molecule has 3 rings (SSSR count).